The van der Waals surface area contributed by atoms with Crippen LogP contribution in [0.15, 0.2) is 107 Å². The molecular formula is C40H56O4. The molecule has 0 aromatic rings. The van der Waals surface area contributed by atoms with Crippen LogP contribution in [0.2, 0.25) is 0 Å². The van der Waals surface area contributed by atoms with E-state index in [-0.39, 0.29) is 28.8 Å². The summed E-state index contributed by atoms with van der Waals surface area (Å²) >= 11 is 0. The molecule has 5 atom stereocenters. The van der Waals surface area contributed by atoms with Crippen LogP contribution < -0.4 is 0 Å². The van der Waals surface area contributed by atoms with Crippen molar-refractivity contribution in [1.29, 1.82) is 0 Å². The van der Waals surface area contributed by atoms with Crippen molar-refractivity contribution in [3.05, 3.63) is 107 Å². The number of ketones is 1. The van der Waals surface area contributed by atoms with Crippen LogP contribution in [0.3, 0.4) is 0 Å². The van der Waals surface area contributed by atoms with Gasteiger partial charge in [-0.15, -0.1) is 0 Å². The fraction of sp³-hybridized carbons (Fsp3) is 0.525. The largest absolute Gasteiger partial charge is 0.393 e. The van der Waals surface area contributed by atoms with E-state index < -0.39 is 17.1 Å². The van der Waals surface area contributed by atoms with E-state index in [1.165, 1.54) is 5.57 Å². The van der Waals surface area contributed by atoms with Crippen molar-refractivity contribution in [2.75, 3.05) is 0 Å². The van der Waals surface area contributed by atoms with Crippen LogP contribution >= 0.6 is 0 Å². The minimum absolute atomic E-state index is 0.0574. The molecule has 3 rings (SSSR count). The van der Waals surface area contributed by atoms with E-state index in [1.807, 2.05) is 50.3 Å². The molecule has 1 aliphatic heterocycles. The van der Waals surface area contributed by atoms with Crippen molar-refractivity contribution in [2.24, 2.45) is 16.2 Å². The number of carbonyl (C=O) groups is 1. The minimum atomic E-state index is -0.536. The average molecular weight is 601 g/mol. The molecule has 0 amide bonds. The summed E-state index contributed by atoms with van der Waals surface area (Å²) in [6.07, 6.45) is 28.1. The van der Waals surface area contributed by atoms with Crippen molar-refractivity contribution >= 4 is 5.78 Å². The molecule has 0 saturated heterocycles. The second-order valence-electron chi connectivity index (χ2n) is 15.0. The minimum Gasteiger partial charge on any atom is -0.393 e. The Hall–Kier alpha value is -2.79. The van der Waals surface area contributed by atoms with Crippen molar-refractivity contribution < 1.29 is 19.7 Å². The number of hydrogen-bond acceptors (Lipinski definition) is 4. The van der Waals surface area contributed by atoms with E-state index in [0.29, 0.717) is 19.3 Å². The maximum Gasteiger partial charge on any atom is 0.162 e. The molecule has 4 nitrogen and oxygen atoms in total. The van der Waals surface area contributed by atoms with E-state index in [4.69, 9.17) is 4.74 Å². The SMILES string of the molecule is CC(C=CC=C(C)C=CC=C(C)C=CC(=O)C1(C)CC(O)CC1(C)C)=CC=CC=C(C)C1C=C2C(C)(C)CC(O)CC2(C)O1. The number of hydrogen-bond donors (Lipinski definition) is 2. The van der Waals surface area contributed by atoms with Gasteiger partial charge in [-0.3, -0.25) is 4.79 Å². The van der Waals surface area contributed by atoms with Gasteiger partial charge in [0, 0.05) is 11.8 Å². The highest BCUT2D eigenvalue weighted by Gasteiger charge is 2.53. The van der Waals surface area contributed by atoms with E-state index >= 15 is 0 Å². The lowest BCUT2D eigenvalue weighted by Gasteiger charge is -2.44. The van der Waals surface area contributed by atoms with Crippen molar-refractivity contribution in [2.45, 2.75) is 119 Å². The molecule has 2 fully saturated rings. The van der Waals surface area contributed by atoms with Crippen LogP contribution in [0.5, 0.6) is 0 Å². The zero-order valence-electron chi connectivity index (χ0n) is 28.8. The second kappa shape index (κ2) is 14.1. The van der Waals surface area contributed by atoms with Crippen LogP contribution in [-0.4, -0.2) is 39.9 Å². The normalized spacial score (nSPS) is 33.3. The molecule has 3 aliphatic rings. The third-order valence-corrected chi connectivity index (χ3v) is 10.0. The number of rotatable bonds is 10. The number of fused-ring (bicyclic) bond motifs is 1. The molecule has 0 spiro atoms. The number of aliphatic hydroxyl groups excluding tert-OH is 2. The Bertz CT molecular complexity index is 1360. The monoisotopic (exact) mass is 600 g/mol. The molecule has 2 N–H and O–H groups in total. The molecule has 5 unspecified atom stereocenters. The molecule has 0 aromatic heterocycles. The van der Waals surface area contributed by atoms with Crippen molar-refractivity contribution in [1.82, 2.24) is 0 Å². The third kappa shape index (κ3) is 8.68. The van der Waals surface area contributed by atoms with Crippen molar-refractivity contribution in [3.63, 3.8) is 0 Å². The molecule has 44 heavy (non-hydrogen) atoms. The van der Waals surface area contributed by atoms with Gasteiger partial charge in [-0.25, -0.2) is 0 Å². The van der Waals surface area contributed by atoms with Gasteiger partial charge in [-0.1, -0.05) is 118 Å². The summed E-state index contributed by atoms with van der Waals surface area (Å²) in [6, 6.07) is 0. The van der Waals surface area contributed by atoms with Crippen LogP contribution in [0.25, 0.3) is 0 Å². The highest BCUT2D eigenvalue weighted by molar-refractivity contribution is 5.95. The van der Waals surface area contributed by atoms with Crippen LogP contribution in [-0.2, 0) is 9.53 Å². The quantitative estimate of drug-likeness (QED) is 0.149. The fourth-order valence-corrected chi connectivity index (χ4v) is 7.09. The predicted molar refractivity (Wildman–Crippen MR) is 184 cm³/mol. The Morgan fingerprint density at radius 3 is 1.80 bits per heavy atom. The molecule has 0 bridgehead atoms. The molecule has 4 heteroatoms. The van der Waals surface area contributed by atoms with Gasteiger partial charge in [0.15, 0.2) is 5.78 Å². The molecule has 2 saturated carbocycles. The maximum atomic E-state index is 13.0. The summed E-state index contributed by atoms with van der Waals surface area (Å²) in [7, 11) is 0. The lowest BCUT2D eigenvalue weighted by molar-refractivity contribution is -0.127. The lowest BCUT2D eigenvalue weighted by atomic mass is 9.65. The first kappa shape index (κ1) is 35.7. The first-order valence-corrected chi connectivity index (χ1v) is 16.1. The Balaban J connectivity index is 1.51. The van der Waals surface area contributed by atoms with E-state index in [0.717, 1.165) is 28.7 Å². The van der Waals surface area contributed by atoms with Gasteiger partial charge in [-0.05, 0) is 88.0 Å². The summed E-state index contributed by atoms with van der Waals surface area (Å²) in [5, 5.41) is 20.5. The Morgan fingerprint density at radius 1 is 0.705 bits per heavy atom. The molecule has 0 aromatic carbocycles. The second-order valence-corrected chi connectivity index (χ2v) is 15.0. The number of ether oxygens (including phenoxy) is 1. The molecule has 2 aliphatic carbocycles. The number of allylic oxidation sites excluding steroid dienone is 15. The van der Waals surface area contributed by atoms with Crippen LogP contribution in [0.4, 0.5) is 0 Å². The smallest absolute Gasteiger partial charge is 0.162 e. The van der Waals surface area contributed by atoms with Crippen molar-refractivity contribution in [3.8, 4) is 0 Å². The Kier molecular flexibility index (Phi) is 11.4. The average Bonchev–Trinajstić information content (AvgIpc) is 3.37. The van der Waals surface area contributed by atoms with Gasteiger partial charge in [0.05, 0.1) is 23.9 Å². The van der Waals surface area contributed by atoms with Gasteiger partial charge in [-0.2, -0.15) is 0 Å². The zero-order valence-corrected chi connectivity index (χ0v) is 28.8. The first-order chi connectivity index (χ1) is 20.4. The maximum absolute atomic E-state index is 13.0. The zero-order chi connectivity index (χ0) is 32.9. The van der Waals surface area contributed by atoms with Gasteiger partial charge in [0.2, 0.25) is 0 Å². The topological polar surface area (TPSA) is 66.8 Å². The molecule has 240 valence electrons. The molecule has 0 radical (unpaired) electrons. The van der Waals surface area contributed by atoms with Gasteiger partial charge < -0.3 is 14.9 Å². The van der Waals surface area contributed by atoms with Gasteiger partial charge in [0.25, 0.3) is 0 Å². The molecular weight excluding hydrogens is 544 g/mol. The standard InChI is InChI=1S/C40H56O4/c1-28(15-11-12-20-31(4)34-23-35-37(5,6)24-32(41)27-40(35,10)44-34)16-13-17-29(2)18-14-19-30(3)21-22-36(43)39(9)26-33(42)25-38(39,7)8/h11-23,32-34,41-42H,24-27H2,1-10H3. The highest BCUT2D eigenvalue weighted by Crippen LogP contribution is 2.53. The lowest BCUT2D eigenvalue weighted by Crippen LogP contribution is -2.45. The Morgan fingerprint density at radius 2 is 1.23 bits per heavy atom. The van der Waals surface area contributed by atoms with Crippen LogP contribution in [0.1, 0.15) is 94.9 Å². The Labute approximate surface area is 267 Å². The third-order valence-electron chi connectivity index (χ3n) is 10.0. The van der Waals surface area contributed by atoms with E-state index in [2.05, 4.69) is 91.8 Å². The van der Waals surface area contributed by atoms with Gasteiger partial charge in [0.1, 0.15) is 0 Å². The van der Waals surface area contributed by atoms with Gasteiger partial charge >= 0.3 is 0 Å². The summed E-state index contributed by atoms with van der Waals surface area (Å²) in [5.74, 6) is 0.0828. The summed E-state index contributed by atoms with van der Waals surface area (Å²) in [5.41, 5.74) is 4.53. The van der Waals surface area contributed by atoms with E-state index in [1.54, 1.807) is 6.08 Å². The summed E-state index contributed by atoms with van der Waals surface area (Å²) in [6.45, 7) is 20.9. The van der Waals surface area contributed by atoms with E-state index in [9.17, 15) is 15.0 Å². The summed E-state index contributed by atoms with van der Waals surface area (Å²) in [4.78, 5) is 13.0. The number of aliphatic hydroxyl groups is 2. The highest BCUT2D eigenvalue weighted by atomic mass is 16.5. The fourth-order valence-electron chi connectivity index (χ4n) is 7.09. The van der Waals surface area contributed by atoms with Crippen LogP contribution in [0, 0.1) is 16.2 Å². The summed E-state index contributed by atoms with van der Waals surface area (Å²) < 4.78 is 6.45. The number of carbonyl (C=O) groups excluding carboxylic acids is 1. The molecule has 1 heterocycles. The predicted octanol–water partition coefficient (Wildman–Crippen LogP) is 9.02. The first-order valence-electron chi connectivity index (χ1n) is 16.1.